The van der Waals surface area contributed by atoms with Crippen LogP contribution in [0.2, 0.25) is 0 Å². The van der Waals surface area contributed by atoms with Gasteiger partial charge in [0.25, 0.3) is 0 Å². The van der Waals surface area contributed by atoms with Gasteiger partial charge in [0.05, 0.1) is 6.54 Å². The van der Waals surface area contributed by atoms with Crippen LogP contribution in [0, 0.1) is 0 Å². The molecular weight excluding hydrogens is 242 g/mol. The zero-order valence-corrected chi connectivity index (χ0v) is 10.3. The molecule has 1 unspecified atom stereocenters. The molecule has 0 radical (unpaired) electrons. The predicted molar refractivity (Wildman–Crippen MR) is 73.9 cm³/mol. The molecule has 1 aliphatic heterocycles. The van der Waals surface area contributed by atoms with Crippen LogP contribution in [0.4, 0.5) is 17.6 Å². The highest BCUT2D eigenvalue weighted by molar-refractivity contribution is 5.48. The van der Waals surface area contributed by atoms with Crippen molar-refractivity contribution in [3.8, 4) is 5.75 Å². The summed E-state index contributed by atoms with van der Waals surface area (Å²) < 4.78 is 5.82. The number of para-hydroxylation sites is 1. The molecule has 1 aromatic heterocycles. The molecule has 6 heteroatoms. The van der Waals surface area contributed by atoms with Gasteiger partial charge in [0.1, 0.15) is 23.5 Å². The third-order valence-corrected chi connectivity index (χ3v) is 2.99. The molecule has 0 saturated heterocycles. The Labute approximate surface area is 110 Å². The molecule has 1 aromatic carbocycles. The van der Waals surface area contributed by atoms with Gasteiger partial charge < -0.3 is 21.5 Å². The van der Waals surface area contributed by atoms with E-state index in [1.165, 1.54) is 5.56 Å². The first-order valence-corrected chi connectivity index (χ1v) is 6.09. The Kier molecular flexibility index (Phi) is 2.83. The maximum absolute atomic E-state index is 5.82. The molecule has 5 N–H and O–H groups in total. The normalized spacial score (nSPS) is 16.7. The van der Waals surface area contributed by atoms with Crippen LogP contribution in [-0.4, -0.2) is 22.6 Å². The van der Waals surface area contributed by atoms with Crippen molar-refractivity contribution in [2.45, 2.75) is 12.5 Å². The quantitative estimate of drug-likeness (QED) is 0.760. The Bertz CT molecular complexity index is 556. The minimum absolute atomic E-state index is 0.0924. The molecule has 1 aliphatic rings. The molecule has 6 nitrogen and oxygen atoms in total. The van der Waals surface area contributed by atoms with Crippen LogP contribution in [-0.2, 0) is 6.42 Å². The van der Waals surface area contributed by atoms with Crippen LogP contribution in [0.5, 0.6) is 5.75 Å². The number of hydrogen-bond acceptors (Lipinski definition) is 6. The van der Waals surface area contributed by atoms with E-state index in [1.807, 2.05) is 18.2 Å². The number of nitrogens with zero attached hydrogens (tertiary/aromatic N) is 2. The lowest BCUT2D eigenvalue weighted by Gasteiger charge is -2.12. The van der Waals surface area contributed by atoms with Gasteiger partial charge in [-0.1, -0.05) is 18.2 Å². The first-order valence-electron chi connectivity index (χ1n) is 6.09. The lowest BCUT2D eigenvalue weighted by atomic mass is 10.1. The standard InChI is InChI=1S/C13H15N5O/c14-11-6-12(18-13(15)17-11)16-7-9-5-8-3-1-2-4-10(8)19-9/h1-4,6,9H,5,7H2,(H5,14,15,16,17,18). The average Bonchev–Trinajstić information content (AvgIpc) is 2.78. The Morgan fingerprint density at radius 1 is 1.26 bits per heavy atom. The van der Waals surface area contributed by atoms with Crippen molar-refractivity contribution < 1.29 is 4.74 Å². The molecule has 0 spiro atoms. The molecule has 3 rings (SSSR count). The summed E-state index contributed by atoms with van der Waals surface area (Å²) in [6, 6.07) is 9.70. The number of anilines is 3. The molecule has 0 amide bonds. The highest BCUT2D eigenvalue weighted by Crippen LogP contribution is 2.28. The first kappa shape index (κ1) is 11.6. The molecule has 0 bridgehead atoms. The van der Waals surface area contributed by atoms with Crippen LogP contribution >= 0.6 is 0 Å². The highest BCUT2D eigenvalue weighted by Gasteiger charge is 2.21. The van der Waals surface area contributed by atoms with Crippen LogP contribution in [0.25, 0.3) is 0 Å². The van der Waals surface area contributed by atoms with Crippen LogP contribution in [0.3, 0.4) is 0 Å². The van der Waals surface area contributed by atoms with Crippen LogP contribution in [0.15, 0.2) is 30.3 Å². The minimum Gasteiger partial charge on any atom is -0.488 e. The minimum atomic E-state index is 0.0924. The van der Waals surface area contributed by atoms with E-state index in [0.29, 0.717) is 18.2 Å². The topological polar surface area (TPSA) is 99.1 Å². The van der Waals surface area contributed by atoms with Crippen LogP contribution < -0.4 is 21.5 Å². The Morgan fingerprint density at radius 3 is 2.89 bits per heavy atom. The highest BCUT2D eigenvalue weighted by atomic mass is 16.5. The number of ether oxygens (including phenoxy) is 1. The zero-order valence-electron chi connectivity index (χ0n) is 10.3. The molecule has 1 atom stereocenters. The fraction of sp³-hybridized carbons (Fsp3) is 0.231. The summed E-state index contributed by atoms with van der Waals surface area (Å²) in [4.78, 5) is 7.88. The fourth-order valence-corrected chi connectivity index (χ4v) is 2.16. The molecule has 0 saturated carbocycles. The van der Waals surface area contributed by atoms with Crippen molar-refractivity contribution >= 4 is 17.6 Å². The van der Waals surface area contributed by atoms with E-state index in [1.54, 1.807) is 6.07 Å². The maximum atomic E-state index is 5.82. The van der Waals surface area contributed by atoms with Gasteiger partial charge in [-0.25, -0.2) is 0 Å². The molecular formula is C13H15N5O. The van der Waals surface area contributed by atoms with E-state index in [9.17, 15) is 0 Å². The number of nitrogens with two attached hydrogens (primary N) is 2. The second kappa shape index (κ2) is 4.64. The second-order valence-electron chi connectivity index (χ2n) is 4.47. The third kappa shape index (κ3) is 2.52. The molecule has 98 valence electrons. The van der Waals surface area contributed by atoms with Gasteiger partial charge in [-0.2, -0.15) is 9.97 Å². The van der Waals surface area contributed by atoms with Gasteiger partial charge in [0.15, 0.2) is 0 Å². The Morgan fingerprint density at radius 2 is 2.11 bits per heavy atom. The summed E-state index contributed by atoms with van der Waals surface area (Å²) >= 11 is 0. The van der Waals surface area contributed by atoms with Crippen molar-refractivity contribution in [2.24, 2.45) is 0 Å². The Balaban J connectivity index is 1.62. The predicted octanol–water partition coefficient (Wildman–Crippen LogP) is 1.06. The summed E-state index contributed by atoms with van der Waals surface area (Å²) in [5, 5.41) is 3.17. The van der Waals surface area contributed by atoms with Crippen molar-refractivity contribution in [1.82, 2.24) is 9.97 Å². The number of fused-ring (bicyclic) bond motifs is 1. The summed E-state index contributed by atoms with van der Waals surface area (Å²) in [6.07, 6.45) is 0.981. The number of hydrogen-bond donors (Lipinski definition) is 3. The van der Waals surface area contributed by atoms with E-state index < -0.39 is 0 Å². The first-order chi connectivity index (χ1) is 9.20. The summed E-state index contributed by atoms with van der Waals surface area (Å²) in [5.41, 5.74) is 12.4. The smallest absolute Gasteiger partial charge is 0.223 e. The van der Waals surface area contributed by atoms with Crippen molar-refractivity contribution in [3.63, 3.8) is 0 Å². The van der Waals surface area contributed by atoms with Gasteiger partial charge in [0.2, 0.25) is 5.95 Å². The molecule has 2 aromatic rings. The zero-order chi connectivity index (χ0) is 13.2. The molecule has 0 fully saturated rings. The van der Waals surface area contributed by atoms with Crippen molar-refractivity contribution in [1.29, 1.82) is 0 Å². The Hall–Kier alpha value is -2.50. The van der Waals surface area contributed by atoms with Crippen LogP contribution in [0.1, 0.15) is 5.56 Å². The second-order valence-corrected chi connectivity index (χ2v) is 4.47. The molecule has 19 heavy (non-hydrogen) atoms. The van der Waals surface area contributed by atoms with E-state index in [-0.39, 0.29) is 12.1 Å². The average molecular weight is 257 g/mol. The van der Waals surface area contributed by atoms with Crippen molar-refractivity contribution in [2.75, 3.05) is 23.3 Å². The summed E-state index contributed by atoms with van der Waals surface area (Å²) in [6.45, 7) is 0.643. The van der Waals surface area contributed by atoms with Crippen molar-refractivity contribution in [3.05, 3.63) is 35.9 Å². The lowest BCUT2D eigenvalue weighted by molar-refractivity contribution is 0.246. The van der Waals surface area contributed by atoms with Gasteiger partial charge >= 0.3 is 0 Å². The van der Waals surface area contributed by atoms with E-state index in [4.69, 9.17) is 16.2 Å². The number of benzene rings is 1. The number of nitrogen functional groups attached to an aromatic ring is 2. The van der Waals surface area contributed by atoms with Gasteiger partial charge in [-0.15, -0.1) is 0 Å². The number of nitrogens with one attached hydrogen (secondary N) is 1. The van der Waals surface area contributed by atoms with Gasteiger partial charge in [-0.3, -0.25) is 0 Å². The van der Waals surface area contributed by atoms with E-state index in [0.717, 1.165) is 12.2 Å². The van der Waals surface area contributed by atoms with E-state index in [2.05, 4.69) is 21.4 Å². The summed E-state index contributed by atoms with van der Waals surface area (Å²) in [5.74, 6) is 2.09. The van der Waals surface area contributed by atoms with Gasteiger partial charge in [-0.05, 0) is 11.6 Å². The SMILES string of the molecule is Nc1cc(NCC2Cc3ccccc3O2)nc(N)n1. The van der Waals surface area contributed by atoms with Gasteiger partial charge in [0, 0.05) is 12.5 Å². The maximum Gasteiger partial charge on any atom is 0.223 e. The summed E-state index contributed by atoms with van der Waals surface area (Å²) in [7, 11) is 0. The number of rotatable bonds is 3. The number of aromatic nitrogens is 2. The monoisotopic (exact) mass is 257 g/mol. The molecule has 2 heterocycles. The lowest BCUT2D eigenvalue weighted by Crippen LogP contribution is -2.24. The fourth-order valence-electron chi connectivity index (χ4n) is 2.16. The third-order valence-electron chi connectivity index (χ3n) is 2.99. The van der Waals surface area contributed by atoms with E-state index >= 15 is 0 Å². The largest absolute Gasteiger partial charge is 0.488 e. The molecule has 0 aliphatic carbocycles.